The molecule has 0 aliphatic heterocycles. The number of rotatable bonds is 10. The van der Waals surface area contributed by atoms with E-state index in [-0.39, 0.29) is 11.1 Å². The van der Waals surface area contributed by atoms with Gasteiger partial charge in [-0.2, -0.15) is 0 Å². The summed E-state index contributed by atoms with van der Waals surface area (Å²) in [7, 11) is 0. The highest BCUT2D eigenvalue weighted by Gasteiger charge is 2.36. The predicted molar refractivity (Wildman–Crippen MR) is 279 cm³/mol. The minimum Gasteiger partial charge on any atom is -0.454 e. The number of carbonyl (C=O) groups is 6. The van der Waals surface area contributed by atoms with Crippen LogP contribution in [0.4, 0.5) is 32.3 Å². The zero-order chi connectivity index (χ0) is 53.2. The number of benzene rings is 6. The molecule has 0 heterocycles. The number of anilines is 4. The summed E-state index contributed by atoms with van der Waals surface area (Å²) < 4.78 is 33.8. The van der Waals surface area contributed by atoms with Gasteiger partial charge in [-0.25, -0.2) is 28.8 Å². The Hall–Kier alpha value is -8.66. The molecule has 384 valence electrons. The zero-order valence-electron chi connectivity index (χ0n) is 42.0. The lowest BCUT2D eigenvalue weighted by Gasteiger charge is -2.32. The van der Waals surface area contributed by atoms with E-state index in [1.165, 1.54) is 0 Å². The molecule has 2 amide bonds. The van der Waals surface area contributed by atoms with Gasteiger partial charge in [0.15, 0.2) is 0 Å². The van der Waals surface area contributed by atoms with E-state index in [4.69, 9.17) is 39.9 Å². The average molecular weight is 1010 g/mol. The highest BCUT2D eigenvalue weighted by molar-refractivity contribution is 5.93. The minimum atomic E-state index is -0.728. The molecular formula is C58H60N4O12. The standard InChI is InChI=1S/C34H38N2O8.C24H22N2O4/c1-33(2,3)43-31(39)35-25-15-11-21(12-16-25)29(37)41-27-19-23-9-7-8-10-24(23)20-28(27)42-30(38)22-13-17-26(18-14-22)36-32(40)44-34(4,5)6;25-19-9-5-15(6-10-19)23(27)29-21-13-17-3-1-2-4-18(17)14-22(21)30-24(28)16-7-11-20(26)12-8-16/h7-18,27-28H,19-20H2,1-6H3,(H,35,39)(H,36,40);1-12,21-22H,13-14,25-26H2/t27-,28+;21-,22+. The Labute approximate surface area is 429 Å². The van der Waals surface area contributed by atoms with Crippen molar-refractivity contribution in [2.24, 2.45) is 0 Å². The van der Waals surface area contributed by atoms with E-state index in [1.54, 1.807) is 139 Å². The van der Waals surface area contributed by atoms with E-state index in [0.717, 1.165) is 22.3 Å². The van der Waals surface area contributed by atoms with Gasteiger partial charge in [0.2, 0.25) is 0 Å². The number of amides is 2. The van der Waals surface area contributed by atoms with E-state index in [2.05, 4.69) is 10.6 Å². The topological polar surface area (TPSA) is 234 Å². The van der Waals surface area contributed by atoms with Crippen molar-refractivity contribution in [3.63, 3.8) is 0 Å². The molecule has 0 saturated carbocycles. The van der Waals surface area contributed by atoms with Crippen molar-refractivity contribution in [3.05, 3.63) is 190 Å². The fourth-order valence-electron chi connectivity index (χ4n) is 8.06. The Kier molecular flexibility index (Phi) is 16.7. The van der Waals surface area contributed by atoms with E-state index >= 15 is 0 Å². The Morgan fingerprint density at radius 1 is 0.378 bits per heavy atom. The van der Waals surface area contributed by atoms with E-state index < -0.39 is 71.7 Å². The lowest BCUT2D eigenvalue weighted by Crippen LogP contribution is -2.41. The van der Waals surface area contributed by atoms with Crippen molar-refractivity contribution < 1.29 is 57.2 Å². The first-order chi connectivity index (χ1) is 35.1. The molecule has 0 unspecified atom stereocenters. The summed E-state index contributed by atoms with van der Waals surface area (Å²) in [4.78, 5) is 75.7. The predicted octanol–water partition coefficient (Wildman–Crippen LogP) is 10.3. The van der Waals surface area contributed by atoms with Crippen LogP contribution in [0, 0.1) is 0 Å². The molecule has 0 fully saturated rings. The third-order valence-electron chi connectivity index (χ3n) is 11.6. The van der Waals surface area contributed by atoms with Crippen molar-refractivity contribution in [2.75, 3.05) is 22.1 Å². The number of esters is 4. The van der Waals surface area contributed by atoms with Gasteiger partial charge in [0.05, 0.1) is 22.3 Å². The third kappa shape index (κ3) is 15.2. The summed E-state index contributed by atoms with van der Waals surface area (Å²) in [5.74, 6) is -2.13. The maximum absolute atomic E-state index is 13.1. The van der Waals surface area contributed by atoms with Crippen LogP contribution in [0.25, 0.3) is 0 Å². The molecule has 0 saturated heterocycles. The normalized spacial score (nSPS) is 16.7. The molecule has 16 nitrogen and oxygen atoms in total. The Balaban J connectivity index is 0.000000232. The smallest absolute Gasteiger partial charge is 0.412 e. The van der Waals surface area contributed by atoms with Crippen LogP contribution in [0.15, 0.2) is 146 Å². The monoisotopic (exact) mass is 1000 g/mol. The fraction of sp³-hybridized carbons (Fsp3) is 0.276. The maximum Gasteiger partial charge on any atom is 0.412 e. The molecule has 6 aromatic carbocycles. The fourth-order valence-corrected chi connectivity index (χ4v) is 8.06. The van der Waals surface area contributed by atoms with Gasteiger partial charge in [0.1, 0.15) is 35.6 Å². The number of nitrogens with two attached hydrogens (primary N) is 2. The van der Waals surface area contributed by atoms with Crippen LogP contribution >= 0.6 is 0 Å². The van der Waals surface area contributed by atoms with Crippen molar-refractivity contribution in [1.29, 1.82) is 0 Å². The number of ether oxygens (including phenoxy) is 6. The van der Waals surface area contributed by atoms with Crippen molar-refractivity contribution in [2.45, 2.75) is 103 Å². The molecule has 8 rings (SSSR count). The third-order valence-corrected chi connectivity index (χ3v) is 11.6. The van der Waals surface area contributed by atoms with Gasteiger partial charge in [-0.3, -0.25) is 10.6 Å². The summed E-state index contributed by atoms with van der Waals surface area (Å²) >= 11 is 0. The number of nitrogens with one attached hydrogen (secondary N) is 2. The molecule has 2 aliphatic rings. The summed E-state index contributed by atoms with van der Waals surface area (Å²) in [5, 5.41) is 5.25. The van der Waals surface area contributed by atoms with Crippen molar-refractivity contribution in [3.8, 4) is 0 Å². The molecule has 0 aromatic heterocycles. The molecule has 16 heteroatoms. The number of carbonyl (C=O) groups excluding carboxylic acids is 6. The Morgan fingerprint density at radius 2 is 0.608 bits per heavy atom. The summed E-state index contributed by atoms with van der Waals surface area (Å²) in [6.07, 6.45) is -2.17. The number of hydrogen-bond acceptors (Lipinski definition) is 14. The van der Waals surface area contributed by atoms with Gasteiger partial charge in [-0.15, -0.1) is 0 Å². The number of nitrogen functional groups attached to an aromatic ring is 2. The van der Waals surface area contributed by atoms with Crippen LogP contribution in [-0.2, 0) is 54.1 Å². The first-order valence-electron chi connectivity index (χ1n) is 24.0. The molecule has 2 aliphatic carbocycles. The van der Waals surface area contributed by atoms with Crippen LogP contribution in [0.5, 0.6) is 0 Å². The largest absolute Gasteiger partial charge is 0.454 e. The van der Waals surface area contributed by atoms with Gasteiger partial charge in [0.25, 0.3) is 0 Å². The average Bonchev–Trinajstić information content (AvgIpc) is 3.34. The second-order valence-corrected chi connectivity index (χ2v) is 19.8. The zero-order valence-corrected chi connectivity index (χ0v) is 42.0. The van der Waals surface area contributed by atoms with Gasteiger partial charge < -0.3 is 39.9 Å². The maximum atomic E-state index is 13.1. The van der Waals surface area contributed by atoms with Crippen molar-refractivity contribution in [1.82, 2.24) is 0 Å². The number of fused-ring (bicyclic) bond motifs is 2. The lowest BCUT2D eigenvalue weighted by atomic mass is 9.87. The lowest BCUT2D eigenvalue weighted by molar-refractivity contribution is -0.0389. The Morgan fingerprint density at radius 3 is 0.838 bits per heavy atom. The molecular weight excluding hydrogens is 945 g/mol. The van der Waals surface area contributed by atoms with E-state index in [0.29, 0.717) is 59.6 Å². The summed E-state index contributed by atoms with van der Waals surface area (Å²) in [6.45, 7) is 10.6. The molecule has 0 bridgehead atoms. The van der Waals surface area contributed by atoms with Crippen LogP contribution in [0.1, 0.15) is 105 Å². The molecule has 0 spiro atoms. The second kappa shape index (κ2) is 23.3. The molecule has 74 heavy (non-hydrogen) atoms. The van der Waals surface area contributed by atoms with Gasteiger partial charge in [-0.05, 0) is 161 Å². The molecule has 6 aromatic rings. The van der Waals surface area contributed by atoms with Crippen LogP contribution in [-0.4, -0.2) is 71.7 Å². The van der Waals surface area contributed by atoms with Crippen LogP contribution in [0.3, 0.4) is 0 Å². The van der Waals surface area contributed by atoms with Crippen LogP contribution in [0.2, 0.25) is 0 Å². The SMILES string of the molecule is CC(C)(C)OC(=O)Nc1ccc(C(=O)O[C@H]2Cc3ccccc3C[C@H]2OC(=O)c2ccc(NC(=O)OC(C)(C)C)cc2)cc1.Nc1ccc(C(=O)O[C@H]2Cc3ccccc3C[C@H]2OC(=O)c2ccc(N)cc2)cc1. The first kappa shape index (κ1) is 53.1. The number of hydrogen-bond donors (Lipinski definition) is 4. The van der Waals surface area contributed by atoms with Crippen LogP contribution < -0.4 is 22.1 Å². The Bertz CT molecular complexity index is 2760. The molecule has 6 N–H and O–H groups in total. The van der Waals surface area contributed by atoms with Gasteiger partial charge >= 0.3 is 36.1 Å². The summed E-state index contributed by atoms with van der Waals surface area (Å²) in [5.41, 5.74) is 17.6. The highest BCUT2D eigenvalue weighted by Crippen LogP contribution is 2.30. The minimum absolute atomic E-state index is 0.275. The van der Waals surface area contributed by atoms with Crippen molar-refractivity contribution >= 4 is 58.8 Å². The van der Waals surface area contributed by atoms with Gasteiger partial charge in [-0.1, -0.05) is 48.5 Å². The summed E-state index contributed by atoms with van der Waals surface area (Å²) in [6, 6.07) is 41.1. The van der Waals surface area contributed by atoms with Gasteiger partial charge in [0, 0.05) is 48.4 Å². The second-order valence-electron chi connectivity index (χ2n) is 19.8. The quantitative estimate of drug-likeness (QED) is 0.0568. The van der Waals surface area contributed by atoms with E-state index in [1.807, 2.05) is 48.5 Å². The highest BCUT2D eigenvalue weighted by atomic mass is 16.6. The first-order valence-corrected chi connectivity index (χ1v) is 24.0. The van der Waals surface area contributed by atoms with E-state index in [9.17, 15) is 28.8 Å². The molecule has 4 atom stereocenters. The molecule has 0 radical (unpaired) electrons.